The molecule has 176 valence electrons. The van der Waals surface area contributed by atoms with Gasteiger partial charge in [-0.3, -0.25) is 19.2 Å². The molecule has 1 aliphatic heterocycles. The number of hydrogen-bond acceptors (Lipinski definition) is 5. The highest BCUT2D eigenvalue weighted by Crippen LogP contribution is 2.35. The second kappa shape index (κ2) is 9.85. The number of benzene rings is 2. The Bertz CT molecular complexity index is 1170. The maximum absolute atomic E-state index is 13.0. The van der Waals surface area contributed by atoms with E-state index in [1.165, 1.54) is 16.7 Å². The Balaban J connectivity index is 1.40. The molecule has 1 saturated heterocycles. The highest BCUT2D eigenvalue weighted by molar-refractivity contribution is 8.00. The summed E-state index contributed by atoms with van der Waals surface area (Å²) in [6.07, 6.45) is 4.50. The first-order valence-electron chi connectivity index (χ1n) is 11.1. The van der Waals surface area contributed by atoms with Crippen molar-refractivity contribution in [1.82, 2.24) is 0 Å². The molecule has 3 amide bonds. The van der Waals surface area contributed by atoms with Gasteiger partial charge in [0.15, 0.2) is 0 Å². The van der Waals surface area contributed by atoms with Crippen LogP contribution in [0, 0.1) is 25.7 Å². The molecule has 3 atom stereocenters. The minimum absolute atomic E-state index is 0.126. The predicted molar refractivity (Wildman–Crippen MR) is 131 cm³/mol. The van der Waals surface area contributed by atoms with E-state index in [9.17, 15) is 24.3 Å². The molecule has 4 rings (SSSR count). The van der Waals surface area contributed by atoms with Crippen molar-refractivity contribution in [2.24, 2.45) is 11.8 Å². The van der Waals surface area contributed by atoms with E-state index < -0.39 is 23.1 Å². The summed E-state index contributed by atoms with van der Waals surface area (Å²) in [5, 5.41) is 11.7. The number of carbonyl (C=O) groups is 4. The second-order valence-corrected chi connectivity index (χ2v) is 9.93. The van der Waals surface area contributed by atoms with Gasteiger partial charge in [-0.25, -0.2) is 4.90 Å². The zero-order valence-electron chi connectivity index (χ0n) is 19.0. The average molecular weight is 479 g/mol. The minimum Gasteiger partial charge on any atom is -0.481 e. The number of amides is 3. The third-order valence-corrected chi connectivity index (χ3v) is 7.54. The zero-order chi connectivity index (χ0) is 24.4. The van der Waals surface area contributed by atoms with Crippen LogP contribution in [0.25, 0.3) is 0 Å². The Morgan fingerprint density at radius 1 is 0.971 bits per heavy atom. The van der Waals surface area contributed by atoms with E-state index >= 15 is 0 Å². The van der Waals surface area contributed by atoms with E-state index in [-0.39, 0.29) is 24.1 Å². The Kier molecular flexibility index (Phi) is 6.88. The zero-order valence-corrected chi connectivity index (χ0v) is 19.8. The fourth-order valence-corrected chi connectivity index (χ4v) is 5.28. The molecule has 1 heterocycles. The van der Waals surface area contributed by atoms with Crippen LogP contribution >= 0.6 is 11.8 Å². The molecule has 0 aromatic heterocycles. The molecule has 2 N–H and O–H groups in total. The largest absolute Gasteiger partial charge is 0.481 e. The van der Waals surface area contributed by atoms with Gasteiger partial charge in [0.2, 0.25) is 17.7 Å². The number of imide groups is 1. The lowest BCUT2D eigenvalue weighted by Gasteiger charge is -2.24. The molecule has 0 radical (unpaired) electrons. The summed E-state index contributed by atoms with van der Waals surface area (Å²) in [5.41, 5.74) is 3.26. The lowest BCUT2D eigenvalue weighted by Crippen LogP contribution is -2.34. The number of allylic oxidation sites excluding steroid dienone is 2. The van der Waals surface area contributed by atoms with Gasteiger partial charge in [-0.15, -0.1) is 11.8 Å². The molecular formula is C26H26N2O5S. The standard InChI is InChI=1S/C26H26N2O5S/c1-15-7-10-18(13-16(15)2)28-23(29)14-22(25(28)31)34-19-11-8-17(9-12-19)27-24(30)20-5-3-4-6-21(20)26(32)33/h3-4,7-13,20-22H,5-6,14H2,1-2H3,(H,27,30)(H,32,33)/t20-,21+,22-/m1/s1. The Hall–Kier alpha value is -3.39. The predicted octanol–water partition coefficient (Wildman–Crippen LogP) is 4.33. The summed E-state index contributed by atoms with van der Waals surface area (Å²) in [6, 6.07) is 12.6. The van der Waals surface area contributed by atoms with Crippen molar-refractivity contribution in [3.05, 3.63) is 65.7 Å². The smallest absolute Gasteiger partial charge is 0.307 e. The number of carboxylic acids is 1. The molecule has 8 heteroatoms. The van der Waals surface area contributed by atoms with Gasteiger partial charge in [0.25, 0.3) is 0 Å². The van der Waals surface area contributed by atoms with Crippen molar-refractivity contribution >= 4 is 46.8 Å². The molecule has 2 aliphatic rings. The summed E-state index contributed by atoms with van der Waals surface area (Å²) in [5.74, 6) is -3.09. The minimum atomic E-state index is -0.970. The van der Waals surface area contributed by atoms with Crippen molar-refractivity contribution < 1.29 is 24.3 Å². The summed E-state index contributed by atoms with van der Waals surface area (Å²) in [7, 11) is 0. The first-order valence-corrected chi connectivity index (χ1v) is 12.0. The Labute approximate surface area is 202 Å². The number of nitrogens with zero attached hydrogens (tertiary/aromatic N) is 1. The lowest BCUT2D eigenvalue weighted by molar-refractivity contribution is -0.146. The summed E-state index contributed by atoms with van der Waals surface area (Å²) >= 11 is 1.32. The number of rotatable bonds is 6. The number of thioether (sulfide) groups is 1. The quantitative estimate of drug-likeness (QED) is 0.473. The molecular weight excluding hydrogens is 452 g/mol. The van der Waals surface area contributed by atoms with Crippen LogP contribution in [0.5, 0.6) is 0 Å². The van der Waals surface area contributed by atoms with Crippen LogP contribution in [0.4, 0.5) is 11.4 Å². The summed E-state index contributed by atoms with van der Waals surface area (Å²) < 4.78 is 0. The first kappa shape index (κ1) is 23.8. The molecule has 1 aliphatic carbocycles. The molecule has 0 spiro atoms. The van der Waals surface area contributed by atoms with Gasteiger partial charge >= 0.3 is 5.97 Å². The third-order valence-electron chi connectivity index (χ3n) is 6.34. The van der Waals surface area contributed by atoms with Gasteiger partial charge in [-0.1, -0.05) is 18.2 Å². The monoisotopic (exact) mass is 478 g/mol. The van der Waals surface area contributed by atoms with Gasteiger partial charge < -0.3 is 10.4 Å². The molecule has 0 saturated carbocycles. The molecule has 0 unspecified atom stereocenters. The number of anilines is 2. The average Bonchev–Trinajstić information content (AvgIpc) is 3.09. The number of aryl methyl sites for hydroxylation is 2. The number of carbonyl (C=O) groups excluding carboxylic acids is 3. The molecule has 0 bridgehead atoms. The summed E-state index contributed by atoms with van der Waals surface area (Å²) in [6.45, 7) is 3.93. The Morgan fingerprint density at radius 3 is 2.29 bits per heavy atom. The van der Waals surface area contributed by atoms with Crippen LogP contribution in [0.15, 0.2) is 59.5 Å². The van der Waals surface area contributed by atoms with Gasteiger partial charge in [0.1, 0.15) is 0 Å². The highest BCUT2D eigenvalue weighted by Gasteiger charge is 2.40. The normalized spacial score (nSPS) is 22.2. The van der Waals surface area contributed by atoms with E-state index in [1.54, 1.807) is 36.4 Å². The molecule has 34 heavy (non-hydrogen) atoms. The maximum atomic E-state index is 13.0. The van der Waals surface area contributed by atoms with Crippen LogP contribution in [0.2, 0.25) is 0 Å². The fraction of sp³-hybridized carbons (Fsp3) is 0.308. The van der Waals surface area contributed by atoms with E-state index in [4.69, 9.17) is 0 Å². The van der Waals surface area contributed by atoms with Crippen molar-refractivity contribution in [3.8, 4) is 0 Å². The van der Waals surface area contributed by atoms with E-state index in [2.05, 4.69) is 5.32 Å². The van der Waals surface area contributed by atoms with E-state index in [1.807, 2.05) is 32.1 Å². The van der Waals surface area contributed by atoms with Gasteiger partial charge in [-0.05, 0) is 74.2 Å². The van der Waals surface area contributed by atoms with Gasteiger partial charge in [0.05, 0.1) is 22.8 Å². The molecule has 1 fully saturated rings. The van der Waals surface area contributed by atoms with Crippen LogP contribution in [-0.4, -0.2) is 34.0 Å². The SMILES string of the molecule is Cc1ccc(N2C(=O)C[C@@H](Sc3ccc(NC(=O)[C@@H]4CC=CC[C@@H]4C(=O)O)cc3)C2=O)cc1C. The number of hydrogen-bond donors (Lipinski definition) is 2. The van der Waals surface area contributed by atoms with Gasteiger partial charge in [0, 0.05) is 17.0 Å². The molecule has 2 aromatic rings. The first-order chi connectivity index (χ1) is 16.2. The Morgan fingerprint density at radius 2 is 1.65 bits per heavy atom. The van der Waals surface area contributed by atoms with Gasteiger partial charge in [-0.2, -0.15) is 0 Å². The molecule has 7 nitrogen and oxygen atoms in total. The number of aliphatic carboxylic acids is 1. The van der Waals surface area contributed by atoms with Crippen molar-refractivity contribution in [2.45, 2.75) is 43.3 Å². The highest BCUT2D eigenvalue weighted by atomic mass is 32.2. The fourth-order valence-electron chi connectivity index (χ4n) is 4.23. The van der Waals surface area contributed by atoms with Crippen LogP contribution < -0.4 is 10.2 Å². The molecule has 2 aromatic carbocycles. The number of carboxylic acid groups (broad SMARTS) is 1. The van der Waals surface area contributed by atoms with Crippen LogP contribution in [0.1, 0.15) is 30.4 Å². The van der Waals surface area contributed by atoms with E-state index in [0.717, 1.165) is 16.0 Å². The third kappa shape index (κ3) is 4.92. The maximum Gasteiger partial charge on any atom is 0.307 e. The van der Waals surface area contributed by atoms with Crippen molar-refractivity contribution in [2.75, 3.05) is 10.2 Å². The summed E-state index contributed by atoms with van der Waals surface area (Å²) in [4.78, 5) is 51.7. The van der Waals surface area contributed by atoms with Crippen LogP contribution in [-0.2, 0) is 19.2 Å². The van der Waals surface area contributed by atoms with Crippen LogP contribution in [0.3, 0.4) is 0 Å². The second-order valence-electron chi connectivity index (χ2n) is 8.65. The van der Waals surface area contributed by atoms with Crippen molar-refractivity contribution in [3.63, 3.8) is 0 Å². The lowest BCUT2D eigenvalue weighted by atomic mass is 9.82. The number of nitrogens with one attached hydrogen (secondary N) is 1. The van der Waals surface area contributed by atoms with Crippen molar-refractivity contribution in [1.29, 1.82) is 0 Å². The topological polar surface area (TPSA) is 104 Å². The van der Waals surface area contributed by atoms with E-state index in [0.29, 0.717) is 24.2 Å².